The lowest BCUT2D eigenvalue weighted by molar-refractivity contribution is -0.191. The Labute approximate surface area is 346 Å². The van der Waals surface area contributed by atoms with Crippen LogP contribution in [0.15, 0.2) is 11.3 Å². The Hall–Kier alpha value is -2.54. The lowest BCUT2D eigenvalue weighted by Crippen LogP contribution is -2.66. The fourth-order valence-electron chi connectivity index (χ4n) is 13.4. The standard InChI is InChI=1S/C46H71N3O9/c1-55-29-30-57-45(54)48-36-20-12-11-19-35(36)46(44(48)53)37(42(51)47-25-13-3-2-4-14-26-47)39-43(52)58-40(32-17-9-6-10-18-32)38(31-15-7-5-8-16-31)49(39)41(46)33-21-23-34(24-22-33)56-28-27-50/h31-34,37-41,50H,2-30H2,1H3/t33?,34?,37-,38-,39-,40+,41+,46-/m0/s1. The van der Waals surface area contributed by atoms with Crippen molar-refractivity contribution in [1.82, 2.24) is 14.7 Å². The van der Waals surface area contributed by atoms with E-state index in [0.717, 1.165) is 128 Å². The average molecular weight is 810 g/mol. The highest BCUT2D eigenvalue weighted by molar-refractivity contribution is 6.07. The van der Waals surface area contributed by atoms with E-state index in [-0.39, 0.29) is 80.2 Å². The van der Waals surface area contributed by atoms with Crippen LogP contribution in [-0.2, 0) is 33.3 Å². The average Bonchev–Trinajstić information content (AvgIpc) is 3.70. The summed E-state index contributed by atoms with van der Waals surface area (Å²) in [7, 11) is 1.55. The maximum absolute atomic E-state index is 16.2. The van der Waals surface area contributed by atoms with E-state index in [2.05, 4.69) is 4.90 Å². The van der Waals surface area contributed by atoms with Crippen molar-refractivity contribution in [2.75, 3.05) is 46.6 Å². The molecule has 3 amide bonds. The third-order valence-corrected chi connectivity index (χ3v) is 15.8. The molecule has 0 unspecified atom stereocenters. The van der Waals surface area contributed by atoms with E-state index in [1.165, 1.54) is 17.7 Å². The molecule has 1 spiro atoms. The van der Waals surface area contributed by atoms with Crippen LogP contribution >= 0.6 is 0 Å². The van der Waals surface area contributed by atoms with Crippen LogP contribution in [-0.4, -0.2) is 121 Å². The minimum atomic E-state index is -1.41. The van der Waals surface area contributed by atoms with Crippen LogP contribution in [0.5, 0.6) is 0 Å². The number of amides is 3. The third kappa shape index (κ3) is 7.79. The summed E-state index contributed by atoms with van der Waals surface area (Å²) < 4.78 is 24.0. The molecule has 8 rings (SSSR count). The van der Waals surface area contributed by atoms with E-state index in [1.54, 1.807) is 7.11 Å². The maximum Gasteiger partial charge on any atom is 0.421 e. The van der Waals surface area contributed by atoms with Gasteiger partial charge in [-0.05, 0) is 113 Å². The number of aliphatic hydroxyl groups excluding tert-OH is 1. The molecule has 0 aromatic rings. The molecule has 0 aromatic carbocycles. The van der Waals surface area contributed by atoms with Gasteiger partial charge in [0.25, 0.3) is 0 Å². The normalized spacial score (nSPS) is 35.7. The number of aliphatic hydroxyl groups is 1. The number of fused-ring (bicyclic) bond motifs is 2. The number of allylic oxidation sites excluding steroid dienone is 1. The van der Waals surface area contributed by atoms with Crippen LogP contribution in [0.3, 0.4) is 0 Å². The van der Waals surface area contributed by atoms with Gasteiger partial charge in [-0.2, -0.15) is 0 Å². The predicted octanol–water partition coefficient (Wildman–Crippen LogP) is 6.91. The lowest BCUT2D eigenvalue weighted by Gasteiger charge is -2.53. The second-order valence-corrected chi connectivity index (χ2v) is 19.0. The summed E-state index contributed by atoms with van der Waals surface area (Å²) in [6.07, 6.45) is 20.9. The quantitative estimate of drug-likeness (QED) is 0.183. The third-order valence-electron chi connectivity index (χ3n) is 15.8. The molecule has 1 N–H and O–H groups in total. The van der Waals surface area contributed by atoms with E-state index in [0.29, 0.717) is 31.6 Å². The highest BCUT2D eigenvalue weighted by Gasteiger charge is 2.77. The SMILES string of the molecule is COCCOC(=O)N1C(=O)[C@@]2(C3=C1CCCC3)[C@H](C(=O)N1CCCCCCC1)[C@H]1C(=O)O[C@H](C3CCCCC3)[C@H](C3CCCCC3)N1[C@@H]2C1CCC(OCCO)CC1. The van der Waals surface area contributed by atoms with Crippen LogP contribution in [0.1, 0.15) is 148 Å². The molecule has 324 valence electrons. The number of likely N-dealkylation sites (tertiary alicyclic amines) is 1. The van der Waals surface area contributed by atoms with Gasteiger partial charge in [-0.25, -0.2) is 9.69 Å². The molecular formula is C46H71N3O9. The van der Waals surface area contributed by atoms with Gasteiger partial charge in [-0.3, -0.25) is 19.3 Å². The first-order chi connectivity index (χ1) is 28.4. The molecule has 0 aromatic heterocycles. The highest BCUT2D eigenvalue weighted by atomic mass is 16.6. The second-order valence-electron chi connectivity index (χ2n) is 19.0. The maximum atomic E-state index is 16.2. The van der Waals surface area contributed by atoms with E-state index in [4.69, 9.17) is 18.9 Å². The van der Waals surface area contributed by atoms with Gasteiger partial charge in [0.15, 0.2) is 0 Å². The Bertz CT molecular complexity index is 1490. The Morgan fingerprint density at radius 1 is 0.741 bits per heavy atom. The van der Waals surface area contributed by atoms with Crippen LogP contribution in [0, 0.1) is 29.1 Å². The van der Waals surface area contributed by atoms with E-state index in [9.17, 15) is 9.90 Å². The van der Waals surface area contributed by atoms with Crippen molar-refractivity contribution in [2.24, 2.45) is 29.1 Å². The van der Waals surface area contributed by atoms with Crippen molar-refractivity contribution in [3.8, 4) is 0 Å². The molecule has 6 atom stereocenters. The number of carbonyl (C=O) groups excluding carboxylic acids is 4. The number of nitrogens with zero attached hydrogens (tertiary/aromatic N) is 3. The van der Waals surface area contributed by atoms with Crippen LogP contribution in [0.4, 0.5) is 4.79 Å². The predicted molar refractivity (Wildman–Crippen MR) is 216 cm³/mol. The van der Waals surface area contributed by atoms with Gasteiger partial charge in [0.1, 0.15) is 24.2 Å². The summed E-state index contributed by atoms with van der Waals surface area (Å²) in [6, 6.07) is -1.48. The zero-order chi connectivity index (χ0) is 40.2. The molecule has 4 aliphatic heterocycles. The monoisotopic (exact) mass is 810 g/mol. The molecule has 8 aliphatic rings. The molecule has 58 heavy (non-hydrogen) atoms. The minimum Gasteiger partial charge on any atom is -0.459 e. The topological polar surface area (TPSA) is 135 Å². The summed E-state index contributed by atoms with van der Waals surface area (Å²) in [5.74, 6) is -1.33. The van der Waals surface area contributed by atoms with E-state index < -0.39 is 29.5 Å². The van der Waals surface area contributed by atoms with Gasteiger partial charge in [-0.1, -0.05) is 57.8 Å². The van der Waals surface area contributed by atoms with Crippen molar-refractivity contribution < 1.29 is 43.2 Å². The molecule has 3 saturated carbocycles. The summed E-state index contributed by atoms with van der Waals surface area (Å²) in [6.45, 7) is 1.68. The second kappa shape index (κ2) is 19.0. The number of hydrogen-bond acceptors (Lipinski definition) is 10. The summed E-state index contributed by atoms with van der Waals surface area (Å²) in [4.78, 5) is 67.6. The van der Waals surface area contributed by atoms with Gasteiger partial charge in [0.2, 0.25) is 11.8 Å². The minimum absolute atomic E-state index is 0.00135. The number of rotatable bonds is 10. The number of esters is 1. The van der Waals surface area contributed by atoms with Gasteiger partial charge in [-0.15, -0.1) is 0 Å². The van der Waals surface area contributed by atoms with Crippen molar-refractivity contribution >= 4 is 23.9 Å². The molecule has 4 aliphatic carbocycles. The lowest BCUT2D eigenvalue weighted by atomic mass is 9.60. The summed E-state index contributed by atoms with van der Waals surface area (Å²) in [5, 5.41) is 9.60. The first kappa shape index (κ1) is 42.2. The summed E-state index contributed by atoms with van der Waals surface area (Å²) in [5.41, 5.74) is 0.192. The van der Waals surface area contributed by atoms with Crippen molar-refractivity contribution in [1.29, 1.82) is 0 Å². The zero-order valence-electron chi connectivity index (χ0n) is 35.3. The molecule has 0 radical (unpaired) electrons. The van der Waals surface area contributed by atoms with Gasteiger partial charge in [0, 0.05) is 31.9 Å². The van der Waals surface area contributed by atoms with Crippen molar-refractivity contribution in [2.45, 2.75) is 178 Å². The van der Waals surface area contributed by atoms with Gasteiger partial charge < -0.3 is 29.0 Å². The highest BCUT2D eigenvalue weighted by Crippen LogP contribution is 2.65. The van der Waals surface area contributed by atoms with E-state index in [1.807, 2.05) is 4.90 Å². The molecule has 12 nitrogen and oxygen atoms in total. The molecular weight excluding hydrogens is 739 g/mol. The largest absolute Gasteiger partial charge is 0.459 e. The first-order valence-electron chi connectivity index (χ1n) is 23.6. The van der Waals surface area contributed by atoms with E-state index >= 15 is 14.4 Å². The Morgan fingerprint density at radius 3 is 2.05 bits per heavy atom. The first-order valence-corrected chi connectivity index (χ1v) is 23.6. The van der Waals surface area contributed by atoms with Crippen LogP contribution < -0.4 is 0 Å². The molecule has 3 saturated heterocycles. The van der Waals surface area contributed by atoms with Crippen molar-refractivity contribution in [3.63, 3.8) is 0 Å². The zero-order valence-corrected chi connectivity index (χ0v) is 35.3. The number of methoxy groups -OCH3 is 1. The van der Waals surface area contributed by atoms with Gasteiger partial charge >= 0.3 is 12.1 Å². The number of ether oxygens (including phenoxy) is 4. The number of hydrogen-bond donors (Lipinski definition) is 1. The van der Waals surface area contributed by atoms with Crippen LogP contribution in [0.25, 0.3) is 0 Å². The fourth-order valence-corrected chi connectivity index (χ4v) is 13.4. The number of imide groups is 1. The Kier molecular flexibility index (Phi) is 13.8. The number of carbonyl (C=O) groups is 4. The smallest absolute Gasteiger partial charge is 0.421 e. The van der Waals surface area contributed by atoms with Crippen molar-refractivity contribution in [3.05, 3.63) is 11.3 Å². The molecule has 0 bridgehead atoms. The molecule has 4 heterocycles. The number of morpholine rings is 1. The van der Waals surface area contributed by atoms with Gasteiger partial charge in [0.05, 0.1) is 37.9 Å². The van der Waals surface area contributed by atoms with Crippen LogP contribution in [0.2, 0.25) is 0 Å². The number of cyclic esters (lactones) is 1. The fraction of sp³-hybridized carbons (Fsp3) is 0.870. The Balaban J connectivity index is 1.32. The summed E-state index contributed by atoms with van der Waals surface area (Å²) >= 11 is 0. The molecule has 6 fully saturated rings. The molecule has 12 heteroatoms. The Morgan fingerprint density at radius 2 is 1.38 bits per heavy atom.